The van der Waals surface area contributed by atoms with Crippen molar-refractivity contribution in [2.75, 3.05) is 12.3 Å². The topological polar surface area (TPSA) is 328 Å². The zero-order valence-corrected chi connectivity index (χ0v) is 18.9. The summed E-state index contributed by atoms with van der Waals surface area (Å²) in [4.78, 5) is 60.3. The van der Waals surface area contributed by atoms with Gasteiger partial charge in [-0.1, -0.05) is 5.11 Å². The van der Waals surface area contributed by atoms with Crippen LogP contribution in [0.2, 0.25) is 0 Å². The molecule has 0 aliphatic carbocycles. The Morgan fingerprint density at radius 1 is 1.26 bits per heavy atom. The summed E-state index contributed by atoms with van der Waals surface area (Å²) in [5.41, 5.74) is 13.3. The average Bonchev–Trinajstić information content (AvgIpc) is 3.19. The van der Waals surface area contributed by atoms with Gasteiger partial charge >= 0.3 is 23.5 Å². The number of aliphatic hydroxyl groups is 1. The molecule has 0 aromatic carbocycles. The van der Waals surface area contributed by atoms with Crippen LogP contribution >= 0.6 is 23.5 Å². The number of imidazole rings is 1. The van der Waals surface area contributed by atoms with Crippen LogP contribution in [0.3, 0.4) is 0 Å². The van der Waals surface area contributed by atoms with Crippen molar-refractivity contribution in [2.45, 2.75) is 24.5 Å². The summed E-state index contributed by atoms with van der Waals surface area (Å²) in [6, 6.07) is -1.42. The van der Waals surface area contributed by atoms with Crippen LogP contribution in [0.5, 0.6) is 0 Å². The normalized spacial score (nSPS) is 26.6. The van der Waals surface area contributed by atoms with Crippen molar-refractivity contribution in [1.82, 2.24) is 19.5 Å². The van der Waals surface area contributed by atoms with Gasteiger partial charge in [0, 0.05) is 4.91 Å². The molecular formula is C10H15N8O13P3. The minimum atomic E-state index is -5.76. The fourth-order valence-corrected chi connectivity index (χ4v) is 5.91. The van der Waals surface area contributed by atoms with Crippen LogP contribution in [0.25, 0.3) is 21.6 Å². The van der Waals surface area contributed by atoms with Gasteiger partial charge in [-0.3, -0.25) is 18.9 Å². The van der Waals surface area contributed by atoms with E-state index in [-0.39, 0.29) is 17.1 Å². The highest BCUT2D eigenvalue weighted by Gasteiger charge is 2.47. The highest BCUT2D eigenvalue weighted by Crippen LogP contribution is 2.66. The Morgan fingerprint density at radius 2 is 1.94 bits per heavy atom. The van der Waals surface area contributed by atoms with Crippen LogP contribution in [0.1, 0.15) is 6.23 Å². The van der Waals surface area contributed by atoms with Gasteiger partial charge in [-0.15, -0.1) is 0 Å². The lowest BCUT2D eigenvalue weighted by molar-refractivity contribution is -0.0428. The number of nitrogens with one attached hydrogen (secondary N) is 1. The molecule has 21 nitrogen and oxygen atoms in total. The molecule has 34 heavy (non-hydrogen) atoms. The minimum Gasteiger partial charge on any atom is -0.390 e. The molecule has 0 spiro atoms. The smallest absolute Gasteiger partial charge is 0.390 e. The number of hydrogen-bond donors (Lipinski definition) is 7. The molecule has 0 radical (unpaired) electrons. The molecule has 2 unspecified atom stereocenters. The molecule has 3 rings (SSSR count). The molecule has 0 saturated carbocycles. The molecule has 1 fully saturated rings. The van der Waals surface area contributed by atoms with E-state index in [0.29, 0.717) is 0 Å². The van der Waals surface area contributed by atoms with E-state index in [0.717, 1.165) is 10.9 Å². The maximum absolute atomic E-state index is 12.0. The number of azide groups is 1. The summed E-state index contributed by atoms with van der Waals surface area (Å²) in [5.74, 6) is -0.290. The number of rotatable bonds is 9. The largest absolute Gasteiger partial charge is 0.490 e. The van der Waals surface area contributed by atoms with Gasteiger partial charge in [0.2, 0.25) is 5.95 Å². The Kier molecular flexibility index (Phi) is 7.33. The number of aliphatic hydroxyl groups excluding tert-OH is 1. The summed E-state index contributed by atoms with van der Waals surface area (Å²) in [6.45, 7) is -1.03. The van der Waals surface area contributed by atoms with E-state index in [1.807, 2.05) is 0 Å². The number of H-pyrrole nitrogens is 1. The first kappa shape index (κ1) is 26.4. The van der Waals surface area contributed by atoms with E-state index in [1.165, 1.54) is 0 Å². The number of hydrogen-bond acceptors (Lipinski definition) is 13. The number of phosphoric acid groups is 3. The van der Waals surface area contributed by atoms with Crippen molar-refractivity contribution < 1.29 is 56.3 Å². The van der Waals surface area contributed by atoms with Crippen LogP contribution in [0.4, 0.5) is 5.95 Å². The Bertz CT molecular complexity index is 1330. The molecule has 2 aromatic rings. The Balaban J connectivity index is 1.81. The summed E-state index contributed by atoms with van der Waals surface area (Å²) in [7, 11) is -16.9. The van der Waals surface area contributed by atoms with Crippen LogP contribution in [-0.4, -0.2) is 69.1 Å². The van der Waals surface area contributed by atoms with Crippen molar-refractivity contribution in [3.63, 3.8) is 0 Å². The summed E-state index contributed by atoms with van der Waals surface area (Å²) < 4.78 is 52.1. The number of nitrogens with two attached hydrogens (primary N) is 1. The van der Waals surface area contributed by atoms with Gasteiger partial charge in [0.15, 0.2) is 11.2 Å². The molecule has 1 saturated heterocycles. The van der Waals surface area contributed by atoms with E-state index in [9.17, 15) is 28.5 Å². The van der Waals surface area contributed by atoms with Crippen LogP contribution in [0, 0.1) is 0 Å². The Morgan fingerprint density at radius 3 is 2.56 bits per heavy atom. The third-order valence-corrected chi connectivity index (χ3v) is 7.87. The second kappa shape index (κ2) is 9.44. The molecule has 8 N–H and O–H groups in total. The van der Waals surface area contributed by atoms with Crippen LogP contribution in [0.15, 0.2) is 16.2 Å². The molecule has 188 valence electrons. The fourth-order valence-electron chi connectivity index (χ4n) is 2.88. The number of ether oxygens (including phenoxy) is 1. The highest BCUT2D eigenvalue weighted by molar-refractivity contribution is 7.66. The molecular weight excluding hydrogens is 533 g/mol. The third-order valence-electron chi connectivity index (χ3n) is 4.06. The Hall–Kier alpha value is -2.21. The number of nitrogens with zero attached hydrogens (tertiary/aromatic N) is 6. The molecule has 24 heteroatoms. The van der Waals surface area contributed by atoms with Gasteiger partial charge in [-0.05, 0) is 5.53 Å². The van der Waals surface area contributed by atoms with E-state index in [1.54, 1.807) is 0 Å². The van der Waals surface area contributed by atoms with E-state index < -0.39 is 60.1 Å². The lowest BCUT2D eigenvalue weighted by Crippen LogP contribution is -2.32. The van der Waals surface area contributed by atoms with Gasteiger partial charge in [0.25, 0.3) is 5.56 Å². The molecule has 1 aliphatic rings. The van der Waals surface area contributed by atoms with Crippen molar-refractivity contribution >= 4 is 40.6 Å². The first-order valence-electron chi connectivity index (χ1n) is 8.51. The first-order valence-corrected chi connectivity index (χ1v) is 13.0. The standard InChI is InChI=1S/C10H15N8O13P3/c11-10-14-7-5(8(20)15-10)13-2-18(7)9-4(16-17-12)6(19)3(29-9)1-28-33(24,25)31-34(26,27)30-32(21,22)23/h2-4,6,9,19H,1H2,(H,24,25)(H,26,27)(H2,21,22,23)(H3,11,14,15,20)/t3-,4-,6-,9-/m1/s1. The molecule has 3 heterocycles. The quantitative estimate of drug-likeness (QED) is 0.0853. The van der Waals surface area contributed by atoms with Crippen molar-refractivity contribution in [3.8, 4) is 0 Å². The van der Waals surface area contributed by atoms with Gasteiger partial charge in [-0.25, -0.2) is 18.7 Å². The van der Waals surface area contributed by atoms with Crippen molar-refractivity contribution in [1.29, 1.82) is 0 Å². The lowest BCUT2D eigenvalue weighted by Gasteiger charge is -2.19. The molecule has 0 bridgehead atoms. The van der Waals surface area contributed by atoms with E-state index in [2.05, 4.69) is 38.1 Å². The molecule has 1 aliphatic heterocycles. The molecule has 2 aromatic heterocycles. The first-order chi connectivity index (χ1) is 15.6. The maximum atomic E-state index is 12.0. The minimum absolute atomic E-state index is 0.120. The van der Waals surface area contributed by atoms with E-state index >= 15 is 0 Å². The predicted octanol–water partition coefficient (Wildman–Crippen LogP) is -1.02. The number of aromatic amines is 1. The second-order valence-electron chi connectivity index (χ2n) is 6.41. The number of nitrogen functional groups attached to an aromatic ring is 1. The summed E-state index contributed by atoms with van der Waals surface area (Å²) in [6.07, 6.45) is -3.56. The monoisotopic (exact) mass is 548 g/mol. The van der Waals surface area contributed by atoms with Gasteiger partial charge < -0.3 is 35.2 Å². The average molecular weight is 548 g/mol. The number of phosphoric ester groups is 1. The van der Waals surface area contributed by atoms with Gasteiger partial charge in [0.1, 0.15) is 18.4 Å². The lowest BCUT2D eigenvalue weighted by atomic mass is 10.1. The summed E-state index contributed by atoms with van der Waals surface area (Å²) in [5, 5.41) is 13.8. The highest BCUT2D eigenvalue weighted by atomic mass is 31.3. The van der Waals surface area contributed by atoms with Gasteiger partial charge in [0.05, 0.1) is 19.0 Å². The summed E-state index contributed by atoms with van der Waals surface area (Å²) >= 11 is 0. The SMILES string of the molecule is [N-]=[N+]=N[C@@H]1[C@H](O)[C@@H](COP(=O)(O)OP(=O)(O)OP(=O)(O)O)O[C@H]1n1cnc2c(=O)[nH]c(N)nc21. The Labute approximate surface area is 186 Å². The predicted molar refractivity (Wildman–Crippen MR) is 105 cm³/mol. The van der Waals surface area contributed by atoms with Crippen molar-refractivity contribution in [3.05, 3.63) is 27.1 Å². The number of anilines is 1. The molecule has 6 atom stereocenters. The zero-order chi connectivity index (χ0) is 25.5. The third kappa shape index (κ3) is 6.07. The fraction of sp³-hybridized carbons (Fsp3) is 0.500. The number of fused-ring (bicyclic) bond motifs is 1. The van der Waals surface area contributed by atoms with E-state index in [4.69, 9.17) is 30.7 Å². The maximum Gasteiger partial charge on any atom is 0.490 e. The van der Waals surface area contributed by atoms with Crippen LogP contribution < -0.4 is 11.3 Å². The van der Waals surface area contributed by atoms with Gasteiger partial charge in [-0.2, -0.15) is 13.6 Å². The zero-order valence-electron chi connectivity index (χ0n) is 16.2. The van der Waals surface area contributed by atoms with Crippen LogP contribution in [-0.2, 0) is 31.6 Å². The van der Waals surface area contributed by atoms with Crippen molar-refractivity contribution in [2.24, 2.45) is 5.11 Å². The number of aromatic nitrogens is 4. The second-order valence-corrected chi connectivity index (χ2v) is 10.8. The molecule has 0 amide bonds.